The molecule has 0 aliphatic heterocycles. The van der Waals surface area contributed by atoms with Gasteiger partial charge in [0.1, 0.15) is 0 Å². The van der Waals surface area contributed by atoms with Crippen molar-refractivity contribution >= 4 is 11.6 Å². The molecule has 0 saturated carbocycles. The second kappa shape index (κ2) is 7.49. The van der Waals surface area contributed by atoms with E-state index in [2.05, 4.69) is 30.4 Å². The highest BCUT2D eigenvalue weighted by Crippen LogP contribution is 2.19. The van der Waals surface area contributed by atoms with E-state index in [0.29, 0.717) is 6.42 Å². The smallest absolute Gasteiger partial charge is 0.224 e. The van der Waals surface area contributed by atoms with Crippen molar-refractivity contribution in [3.05, 3.63) is 65.7 Å². The minimum atomic E-state index is 0.104. The Morgan fingerprint density at radius 3 is 2.45 bits per heavy atom. The van der Waals surface area contributed by atoms with E-state index in [1.54, 1.807) is 0 Å². The molecule has 0 heterocycles. The van der Waals surface area contributed by atoms with Crippen LogP contribution in [-0.4, -0.2) is 5.91 Å². The van der Waals surface area contributed by atoms with Crippen LogP contribution in [0.15, 0.2) is 54.6 Å². The van der Waals surface area contributed by atoms with Gasteiger partial charge in [0.15, 0.2) is 0 Å². The second-order valence-corrected chi connectivity index (χ2v) is 4.97. The van der Waals surface area contributed by atoms with Crippen LogP contribution >= 0.6 is 0 Å². The summed E-state index contributed by atoms with van der Waals surface area (Å²) in [4.78, 5) is 11.9. The van der Waals surface area contributed by atoms with Gasteiger partial charge in [0.25, 0.3) is 0 Å². The standard InChI is InChI=1S/C18H21NO/c1-2-3-13-18(20)19-17-12-8-7-11-16(17)14-15-9-5-4-6-10-15/h4-12H,2-3,13-14H2,1H3,(H,19,20). The maximum atomic E-state index is 11.9. The summed E-state index contributed by atoms with van der Waals surface area (Å²) in [7, 11) is 0. The first-order chi connectivity index (χ1) is 9.79. The number of unbranched alkanes of at least 4 members (excludes halogenated alkanes) is 1. The first-order valence-electron chi connectivity index (χ1n) is 7.21. The number of amides is 1. The minimum absolute atomic E-state index is 0.104. The fourth-order valence-corrected chi connectivity index (χ4v) is 2.16. The Bertz CT molecular complexity index is 548. The summed E-state index contributed by atoms with van der Waals surface area (Å²) in [5, 5.41) is 3.03. The van der Waals surface area contributed by atoms with E-state index in [-0.39, 0.29) is 5.91 Å². The Morgan fingerprint density at radius 1 is 1.00 bits per heavy atom. The molecule has 2 rings (SSSR count). The predicted octanol–water partition coefficient (Wildman–Crippen LogP) is 4.41. The molecule has 20 heavy (non-hydrogen) atoms. The molecular formula is C18H21NO. The molecule has 2 heteroatoms. The molecule has 0 bridgehead atoms. The number of carbonyl (C=O) groups is 1. The third-order valence-corrected chi connectivity index (χ3v) is 3.29. The molecule has 0 radical (unpaired) electrons. The van der Waals surface area contributed by atoms with Gasteiger partial charge in [-0.15, -0.1) is 0 Å². The van der Waals surface area contributed by atoms with Crippen molar-refractivity contribution in [2.24, 2.45) is 0 Å². The fourth-order valence-electron chi connectivity index (χ4n) is 2.16. The van der Waals surface area contributed by atoms with E-state index < -0.39 is 0 Å². The first-order valence-corrected chi connectivity index (χ1v) is 7.21. The summed E-state index contributed by atoms with van der Waals surface area (Å²) in [6.45, 7) is 2.09. The average Bonchev–Trinajstić information content (AvgIpc) is 2.48. The van der Waals surface area contributed by atoms with Gasteiger partial charge in [-0.2, -0.15) is 0 Å². The van der Waals surface area contributed by atoms with Crippen molar-refractivity contribution in [2.75, 3.05) is 5.32 Å². The van der Waals surface area contributed by atoms with Crippen LogP contribution in [0.5, 0.6) is 0 Å². The normalized spacial score (nSPS) is 10.2. The molecule has 0 atom stereocenters. The summed E-state index contributed by atoms with van der Waals surface area (Å²) in [6, 6.07) is 18.3. The molecule has 2 aromatic carbocycles. The average molecular weight is 267 g/mol. The molecule has 1 N–H and O–H groups in total. The summed E-state index contributed by atoms with van der Waals surface area (Å²) in [6.07, 6.45) is 3.41. The lowest BCUT2D eigenvalue weighted by Gasteiger charge is -2.11. The number of carbonyl (C=O) groups excluding carboxylic acids is 1. The Labute approximate surface area is 120 Å². The van der Waals surface area contributed by atoms with Crippen molar-refractivity contribution < 1.29 is 4.79 Å². The van der Waals surface area contributed by atoms with E-state index in [4.69, 9.17) is 0 Å². The lowest BCUT2D eigenvalue weighted by molar-refractivity contribution is -0.116. The minimum Gasteiger partial charge on any atom is -0.326 e. The van der Waals surface area contributed by atoms with Gasteiger partial charge in [0.2, 0.25) is 5.91 Å². The number of para-hydroxylation sites is 1. The number of anilines is 1. The monoisotopic (exact) mass is 267 g/mol. The molecule has 0 aliphatic rings. The van der Waals surface area contributed by atoms with Gasteiger partial charge >= 0.3 is 0 Å². The largest absolute Gasteiger partial charge is 0.326 e. The van der Waals surface area contributed by atoms with Crippen LogP contribution in [0.3, 0.4) is 0 Å². The number of hydrogen-bond donors (Lipinski definition) is 1. The van der Waals surface area contributed by atoms with Gasteiger partial charge in [-0.1, -0.05) is 61.9 Å². The van der Waals surface area contributed by atoms with Crippen LogP contribution in [0.25, 0.3) is 0 Å². The third kappa shape index (κ3) is 4.23. The molecule has 0 fully saturated rings. The third-order valence-electron chi connectivity index (χ3n) is 3.29. The lowest BCUT2D eigenvalue weighted by atomic mass is 10.0. The van der Waals surface area contributed by atoms with Crippen LogP contribution in [0.4, 0.5) is 5.69 Å². The van der Waals surface area contributed by atoms with Crippen LogP contribution in [0.1, 0.15) is 37.3 Å². The lowest BCUT2D eigenvalue weighted by Crippen LogP contribution is -2.12. The van der Waals surface area contributed by atoms with Gasteiger partial charge in [-0.3, -0.25) is 4.79 Å². The summed E-state index contributed by atoms with van der Waals surface area (Å²) < 4.78 is 0. The molecule has 0 saturated heterocycles. The molecule has 104 valence electrons. The van der Waals surface area contributed by atoms with Gasteiger partial charge in [0.05, 0.1) is 0 Å². The zero-order valence-corrected chi connectivity index (χ0v) is 11.9. The molecule has 0 spiro atoms. The second-order valence-electron chi connectivity index (χ2n) is 4.97. The number of rotatable bonds is 6. The van der Waals surface area contributed by atoms with Crippen molar-refractivity contribution in [1.29, 1.82) is 0 Å². The quantitative estimate of drug-likeness (QED) is 0.825. The Hall–Kier alpha value is -2.09. The molecule has 0 aliphatic carbocycles. The molecule has 2 aromatic rings. The van der Waals surface area contributed by atoms with E-state index in [9.17, 15) is 4.79 Å². The maximum Gasteiger partial charge on any atom is 0.224 e. The van der Waals surface area contributed by atoms with E-state index in [1.807, 2.05) is 36.4 Å². The number of nitrogens with one attached hydrogen (secondary N) is 1. The highest BCUT2D eigenvalue weighted by atomic mass is 16.1. The number of benzene rings is 2. The van der Waals surface area contributed by atoms with Crippen LogP contribution in [0, 0.1) is 0 Å². The van der Waals surface area contributed by atoms with Gasteiger partial charge < -0.3 is 5.32 Å². The van der Waals surface area contributed by atoms with Crippen molar-refractivity contribution in [3.8, 4) is 0 Å². The van der Waals surface area contributed by atoms with Crippen LogP contribution in [0.2, 0.25) is 0 Å². The Kier molecular flexibility index (Phi) is 5.36. The summed E-state index contributed by atoms with van der Waals surface area (Å²) in [5.74, 6) is 0.104. The van der Waals surface area contributed by atoms with Crippen LogP contribution in [-0.2, 0) is 11.2 Å². The van der Waals surface area contributed by atoms with E-state index >= 15 is 0 Å². The molecular weight excluding hydrogens is 246 g/mol. The summed E-state index contributed by atoms with van der Waals surface area (Å²) in [5.41, 5.74) is 3.34. The van der Waals surface area contributed by atoms with Crippen molar-refractivity contribution in [1.82, 2.24) is 0 Å². The fraction of sp³-hybridized carbons (Fsp3) is 0.278. The topological polar surface area (TPSA) is 29.1 Å². The molecule has 2 nitrogen and oxygen atoms in total. The summed E-state index contributed by atoms with van der Waals surface area (Å²) >= 11 is 0. The van der Waals surface area contributed by atoms with Gasteiger partial charge in [-0.25, -0.2) is 0 Å². The maximum absolute atomic E-state index is 11.9. The predicted molar refractivity (Wildman–Crippen MR) is 83.8 cm³/mol. The Morgan fingerprint density at radius 2 is 1.70 bits per heavy atom. The van der Waals surface area contributed by atoms with E-state index in [0.717, 1.165) is 30.5 Å². The van der Waals surface area contributed by atoms with Crippen molar-refractivity contribution in [2.45, 2.75) is 32.6 Å². The molecule has 0 unspecified atom stereocenters. The van der Waals surface area contributed by atoms with E-state index in [1.165, 1.54) is 5.56 Å². The van der Waals surface area contributed by atoms with Gasteiger partial charge in [-0.05, 0) is 30.0 Å². The van der Waals surface area contributed by atoms with Crippen molar-refractivity contribution in [3.63, 3.8) is 0 Å². The highest BCUT2D eigenvalue weighted by molar-refractivity contribution is 5.91. The van der Waals surface area contributed by atoms with Crippen LogP contribution < -0.4 is 5.32 Å². The number of hydrogen-bond acceptors (Lipinski definition) is 1. The zero-order valence-electron chi connectivity index (χ0n) is 11.9. The SMILES string of the molecule is CCCCC(=O)Nc1ccccc1Cc1ccccc1. The van der Waals surface area contributed by atoms with Gasteiger partial charge in [0, 0.05) is 12.1 Å². The molecule has 0 aromatic heterocycles. The first kappa shape index (κ1) is 14.3. The zero-order chi connectivity index (χ0) is 14.2. The molecule has 1 amide bonds. The Balaban J connectivity index is 2.08. The highest BCUT2D eigenvalue weighted by Gasteiger charge is 2.06.